The van der Waals surface area contributed by atoms with Crippen LogP contribution >= 0.6 is 0 Å². The zero-order valence-electron chi connectivity index (χ0n) is 9.55. The van der Waals surface area contributed by atoms with Gasteiger partial charge in [-0.05, 0) is 37.5 Å². The van der Waals surface area contributed by atoms with Gasteiger partial charge in [0.25, 0.3) is 11.8 Å². The molecule has 1 aromatic carbocycles. The average molecular weight is 215 g/mol. The van der Waals surface area contributed by atoms with Crippen LogP contribution in [-0.4, -0.2) is 11.8 Å². The predicted molar refractivity (Wildman–Crippen MR) is 61.7 cm³/mol. The van der Waals surface area contributed by atoms with Gasteiger partial charge in [-0.3, -0.25) is 14.9 Å². The molecule has 0 aliphatic carbocycles. The maximum absolute atomic E-state index is 11.7. The summed E-state index contributed by atoms with van der Waals surface area (Å²) >= 11 is 0. The predicted octanol–water partition coefficient (Wildman–Crippen LogP) is 1.73. The van der Waals surface area contributed by atoms with E-state index >= 15 is 0 Å². The van der Waals surface area contributed by atoms with Gasteiger partial charge in [0.2, 0.25) is 0 Å². The van der Waals surface area contributed by atoms with E-state index < -0.39 is 0 Å². The zero-order valence-corrected chi connectivity index (χ0v) is 9.55. The minimum atomic E-state index is -0.292. The quantitative estimate of drug-likeness (QED) is 0.725. The number of hydrogen-bond acceptors (Lipinski definition) is 2. The van der Waals surface area contributed by atoms with Crippen LogP contribution in [-0.2, 0) is 9.59 Å². The Morgan fingerprint density at radius 1 is 0.938 bits per heavy atom. The topological polar surface area (TPSA) is 46.2 Å². The van der Waals surface area contributed by atoms with Gasteiger partial charge in [-0.15, -0.1) is 0 Å². The number of imide groups is 1. The van der Waals surface area contributed by atoms with Crippen LogP contribution in [0.1, 0.15) is 23.6 Å². The third kappa shape index (κ3) is 1.45. The molecule has 0 fully saturated rings. The van der Waals surface area contributed by atoms with Crippen LogP contribution in [0, 0.1) is 13.8 Å². The minimum Gasteiger partial charge on any atom is -0.288 e. The molecule has 16 heavy (non-hydrogen) atoms. The van der Waals surface area contributed by atoms with Crippen LogP contribution in [0.5, 0.6) is 0 Å². The lowest BCUT2D eigenvalue weighted by Gasteiger charge is -2.09. The van der Waals surface area contributed by atoms with Gasteiger partial charge in [0.15, 0.2) is 0 Å². The number of amides is 2. The third-order valence-electron chi connectivity index (χ3n) is 2.90. The molecule has 0 aromatic heterocycles. The van der Waals surface area contributed by atoms with E-state index in [9.17, 15) is 9.59 Å². The van der Waals surface area contributed by atoms with Crippen molar-refractivity contribution in [1.82, 2.24) is 5.32 Å². The summed E-state index contributed by atoms with van der Waals surface area (Å²) < 4.78 is 0. The minimum absolute atomic E-state index is 0.289. The maximum Gasteiger partial charge on any atom is 0.259 e. The number of hydrogen-bond donors (Lipinski definition) is 1. The summed E-state index contributed by atoms with van der Waals surface area (Å²) in [5.41, 5.74) is 3.92. The van der Waals surface area contributed by atoms with Gasteiger partial charge >= 0.3 is 0 Å². The highest BCUT2D eigenvalue weighted by atomic mass is 16.2. The number of carbonyl (C=O) groups is 2. The molecule has 0 spiro atoms. The molecule has 1 aliphatic heterocycles. The molecular weight excluding hydrogens is 202 g/mol. The fraction of sp³-hybridized carbons (Fsp3) is 0.231. The second kappa shape index (κ2) is 3.59. The molecule has 1 aromatic rings. The molecule has 0 bridgehead atoms. The standard InChI is InChI=1S/C13H13NO2/c1-7-5-4-6-8(2)10(7)11-9(3)12(15)14-13(11)16/h4-6H,1-3H3,(H,14,15,16). The fourth-order valence-electron chi connectivity index (χ4n) is 2.05. The first kappa shape index (κ1) is 10.6. The molecule has 0 saturated heterocycles. The molecule has 0 radical (unpaired) electrons. The Kier molecular flexibility index (Phi) is 2.38. The highest BCUT2D eigenvalue weighted by Crippen LogP contribution is 2.28. The van der Waals surface area contributed by atoms with Gasteiger partial charge in [-0.2, -0.15) is 0 Å². The summed E-state index contributed by atoms with van der Waals surface area (Å²) in [5, 5.41) is 2.32. The van der Waals surface area contributed by atoms with E-state index in [0.717, 1.165) is 16.7 Å². The van der Waals surface area contributed by atoms with Crippen LogP contribution in [0.25, 0.3) is 5.57 Å². The van der Waals surface area contributed by atoms with Gasteiger partial charge < -0.3 is 0 Å². The number of rotatable bonds is 1. The van der Waals surface area contributed by atoms with E-state index in [1.807, 2.05) is 32.0 Å². The van der Waals surface area contributed by atoms with Crippen molar-refractivity contribution in [3.8, 4) is 0 Å². The molecular formula is C13H13NO2. The SMILES string of the molecule is CC1=C(c2c(C)cccc2C)C(=O)NC1=O. The van der Waals surface area contributed by atoms with Crippen molar-refractivity contribution >= 4 is 17.4 Å². The van der Waals surface area contributed by atoms with Gasteiger partial charge in [0.1, 0.15) is 0 Å². The maximum atomic E-state index is 11.7. The number of benzene rings is 1. The van der Waals surface area contributed by atoms with Crippen molar-refractivity contribution in [1.29, 1.82) is 0 Å². The first-order valence-electron chi connectivity index (χ1n) is 5.15. The van der Waals surface area contributed by atoms with Gasteiger partial charge in [-0.1, -0.05) is 18.2 Å². The Hall–Kier alpha value is -1.90. The van der Waals surface area contributed by atoms with Crippen LogP contribution < -0.4 is 5.32 Å². The molecule has 1 N–H and O–H groups in total. The third-order valence-corrected chi connectivity index (χ3v) is 2.90. The number of aryl methyl sites for hydroxylation is 2. The van der Waals surface area contributed by atoms with Gasteiger partial charge in [-0.25, -0.2) is 0 Å². The molecule has 2 amide bonds. The summed E-state index contributed by atoms with van der Waals surface area (Å²) in [4.78, 5) is 23.1. The smallest absolute Gasteiger partial charge is 0.259 e. The molecule has 0 atom stereocenters. The molecule has 0 unspecified atom stereocenters. The van der Waals surface area contributed by atoms with Crippen molar-refractivity contribution in [3.63, 3.8) is 0 Å². The fourth-order valence-corrected chi connectivity index (χ4v) is 2.05. The highest BCUT2D eigenvalue weighted by Gasteiger charge is 2.29. The van der Waals surface area contributed by atoms with Crippen LogP contribution in [0.3, 0.4) is 0 Å². The van der Waals surface area contributed by atoms with Crippen molar-refractivity contribution < 1.29 is 9.59 Å². The second-order valence-electron chi connectivity index (χ2n) is 4.05. The Balaban J connectivity index is 2.70. The van der Waals surface area contributed by atoms with Crippen LogP contribution in [0.2, 0.25) is 0 Å². The molecule has 1 heterocycles. The van der Waals surface area contributed by atoms with Crippen molar-refractivity contribution in [2.45, 2.75) is 20.8 Å². The van der Waals surface area contributed by atoms with Crippen molar-refractivity contribution in [2.24, 2.45) is 0 Å². The summed E-state index contributed by atoms with van der Waals surface area (Å²) in [6, 6.07) is 5.83. The lowest BCUT2D eigenvalue weighted by molar-refractivity contribution is -0.123. The molecule has 0 saturated carbocycles. The van der Waals surface area contributed by atoms with E-state index in [1.54, 1.807) is 6.92 Å². The zero-order chi connectivity index (χ0) is 11.9. The Labute approximate surface area is 94.2 Å². The summed E-state index contributed by atoms with van der Waals surface area (Å²) in [5.74, 6) is -0.581. The number of carbonyl (C=O) groups excluding carboxylic acids is 2. The van der Waals surface area contributed by atoms with E-state index in [4.69, 9.17) is 0 Å². The van der Waals surface area contributed by atoms with Gasteiger partial charge in [0.05, 0.1) is 5.57 Å². The lowest BCUT2D eigenvalue weighted by Crippen LogP contribution is -2.22. The van der Waals surface area contributed by atoms with E-state index in [-0.39, 0.29) is 11.8 Å². The van der Waals surface area contributed by atoms with E-state index in [1.165, 1.54) is 0 Å². The Morgan fingerprint density at radius 2 is 1.50 bits per heavy atom. The highest BCUT2D eigenvalue weighted by molar-refractivity contribution is 6.36. The first-order chi connectivity index (χ1) is 7.52. The van der Waals surface area contributed by atoms with Crippen LogP contribution in [0.4, 0.5) is 0 Å². The first-order valence-corrected chi connectivity index (χ1v) is 5.15. The average Bonchev–Trinajstić information content (AvgIpc) is 2.44. The summed E-state index contributed by atoms with van der Waals surface area (Å²) in [6.45, 7) is 5.57. The summed E-state index contributed by atoms with van der Waals surface area (Å²) in [6.07, 6.45) is 0. The molecule has 2 rings (SSSR count). The van der Waals surface area contributed by atoms with Crippen LogP contribution in [0.15, 0.2) is 23.8 Å². The Bertz CT molecular complexity index is 506. The molecule has 3 nitrogen and oxygen atoms in total. The van der Waals surface area contributed by atoms with E-state index in [0.29, 0.717) is 11.1 Å². The molecule has 1 aliphatic rings. The second-order valence-corrected chi connectivity index (χ2v) is 4.05. The lowest BCUT2D eigenvalue weighted by atomic mass is 9.93. The van der Waals surface area contributed by atoms with Crippen molar-refractivity contribution in [3.05, 3.63) is 40.5 Å². The van der Waals surface area contributed by atoms with Gasteiger partial charge in [0, 0.05) is 5.57 Å². The Morgan fingerprint density at radius 3 is 1.94 bits per heavy atom. The molecule has 82 valence electrons. The van der Waals surface area contributed by atoms with E-state index in [2.05, 4.69) is 5.32 Å². The monoisotopic (exact) mass is 215 g/mol. The summed E-state index contributed by atoms with van der Waals surface area (Å²) in [7, 11) is 0. The largest absolute Gasteiger partial charge is 0.288 e. The number of nitrogens with one attached hydrogen (secondary N) is 1. The molecule has 3 heteroatoms. The normalized spacial score (nSPS) is 15.7. The van der Waals surface area contributed by atoms with Crippen molar-refractivity contribution in [2.75, 3.05) is 0 Å².